The minimum absolute atomic E-state index is 0.0368. The topological polar surface area (TPSA) is 81.2 Å². The number of nitrogens with two attached hydrogens (primary N) is 1. The van der Waals surface area contributed by atoms with E-state index in [4.69, 9.17) is 10.3 Å². The number of amides is 1. The Morgan fingerprint density at radius 3 is 2.89 bits per heavy atom. The van der Waals surface area contributed by atoms with Gasteiger partial charge in [-0.3, -0.25) is 4.79 Å². The smallest absolute Gasteiger partial charge is 0.224 e. The predicted molar refractivity (Wildman–Crippen MR) is 68.0 cm³/mol. The molecule has 1 saturated carbocycles. The van der Waals surface area contributed by atoms with Crippen molar-refractivity contribution in [1.29, 1.82) is 0 Å². The molecule has 2 rings (SSSR count). The van der Waals surface area contributed by atoms with Crippen LogP contribution in [0.3, 0.4) is 0 Å². The van der Waals surface area contributed by atoms with Crippen molar-refractivity contribution in [1.82, 2.24) is 10.5 Å². The highest BCUT2D eigenvalue weighted by Crippen LogP contribution is 2.24. The van der Waals surface area contributed by atoms with Crippen LogP contribution in [-0.2, 0) is 11.2 Å². The Balaban J connectivity index is 1.93. The van der Waals surface area contributed by atoms with E-state index in [1.165, 1.54) is 0 Å². The molecule has 0 aromatic carbocycles. The Kier molecular flexibility index (Phi) is 4.01. The van der Waals surface area contributed by atoms with Crippen molar-refractivity contribution in [3.63, 3.8) is 0 Å². The summed E-state index contributed by atoms with van der Waals surface area (Å²) in [6, 6.07) is 0.239. The lowest BCUT2D eigenvalue weighted by Crippen LogP contribution is -2.40. The Morgan fingerprint density at radius 2 is 2.28 bits per heavy atom. The molecule has 2 unspecified atom stereocenters. The second kappa shape index (κ2) is 5.52. The molecule has 3 N–H and O–H groups in total. The van der Waals surface area contributed by atoms with Crippen molar-refractivity contribution in [2.45, 2.75) is 45.6 Å². The highest BCUT2D eigenvalue weighted by atomic mass is 16.5. The van der Waals surface area contributed by atoms with Gasteiger partial charge in [-0.2, -0.15) is 0 Å². The monoisotopic (exact) mass is 251 g/mol. The SMILES string of the molecule is Cc1noc(C)c1CC(=O)NC1CCCC1CN. The van der Waals surface area contributed by atoms with Gasteiger partial charge in [0, 0.05) is 11.6 Å². The second-order valence-electron chi connectivity index (χ2n) is 5.08. The molecule has 2 atom stereocenters. The molecule has 18 heavy (non-hydrogen) atoms. The number of hydrogen-bond acceptors (Lipinski definition) is 4. The number of carbonyl (C=O) groups is 1. The number of nitrogens with zero attached hydrogens (tertiary/aromatic N) is 1. The van der Waals surface area contributed by atoms with Crippen LogP contribution in [0.1, 0.15) is 36.3 Å². The molecule has 1 fully saturated rings. The van der Waals surface area contributed by atoms with Crippen LogP contribution in [0, 0.1) is 19.8 Å². The van der Waals surface area contributed by atoms with Crippen molar-refractivity contribution in [2.75, 3.05) is 6.54 Å². The lowest BCUT2D eigenvalue weighted by atomic mass is 10.0. The molecular weight excluding hydrogens is 230 g/mol. The van der Waals surface area contributed by atoms with Crippen LogP contribution in [0.15, 0.2) is 4.52 Å². The molecule has 1 heterocycles. The maximum Gasteiger partial charge on any atom is 0.224 e. The van der Waals surface area contributed by atoms with Gasteiger partial charge in [-0.25, -0.2) is 0 Å². The zero-order chi connectivity index (χ0) is 13.1. The lowest BCUT2D eigenvalue weighted by molar-refractivity contribution is -0.121. The molecule has 1 aliphatic rings. The molecule has 0 saturated heterocycles. The fraction of sp³-hybridized carbons (Fsp3) is 0.692. The molecular formula is C13H21N3O2. The van der Waals surface area contributed by atoms with Gasteiger partial charge >= 0.3 is 0 Å². The lowest BCUT2D eigenvalue weighted by Gasteiger charge is -2.19. The number of carbonyl (C=O) groups excluding carboxylic acids is 1. The molecule has 1 aromatic heterocycles. The second-order valence-corrected chi connectivity index (χ2v) is 5.08. The van der Waals surface area contributed by atoms with Crippen molar-refractivity contribution in [3.8, 4) is 0 Å². The van der Waals surface area contributed by atoms with E-state index in [-0.39, 0.29) is 11.9 Å². The molecule has 0 aliphatic heterocycles. The van der Waals surface area contributed by atoms with Gasteiger partial charge in [0.25, 0.3) is 0 Å². The van der Waals surface area contributed by atoms with E-state index in [9.17, 15) is 4.79 Å². The van der Waals surface area contributed by atoms with Crippen molar-refractivity contribution < 1.29 is 9.32 Å². The first-order valence-corrected chi connectivity index (χ1v) is 6.53. The Morgan fingerprint density at radius 1 is 1.50 bits per heavy atom. The summed E-state index contributed by atoms with van der Waals surface area (Å²) in [4.78, 5) is 12.0. The van der Waals surface area contributed by atoms with Crippen LogP contribution in [-0.4, -0.2) is 23.7 Å². The minimum atomic E-state index is 0.0368. The van der Waals surface area contributed by atoms with Crippen molar-refractivity contribution in [3.05, 3.63) is 17.0 Å². The van der Waals surface area contributed by atoms with Crippen molar-refractivity contribution in [2.24, 2.45) is 11.7 Å². The molecule has 1 amide bonds. The summed E-state index contributed by atoms with van der Waals surface area (Å²) in [7, 11) is 0. The fourth-order valence-corrected chi connectivity index (χ4v) is 2.68. The first kappa shape index (κ1) is 13.1. The Bertz CT molecular complexity index is 408. The largest absolute Gasteiger partial charge is 0.361 e. The van der Waals surface area contributed by atoms with Gasteiger partial charge in [0.15, 0.2) is 0 Å². The predicted octanol–water partition coefficient (Wildman–Crippen LogP) is 1.08. The number of aryl methyl sites for hydroxylation is 2. The molecule has 100 valence electrons. The number of rotatable bonds is 4. The van der Waals surface area contributed by atoms with Gasteiger partial charge in [0.05, 0.1) is 12.1 Å². The van der Waals surface area contributed by atoms with E-state index >= 15 is 0 Å². The Hall–Kier alpha value is -1.36. The summed E-state index contributed by atoms with van der Waals surface area (Å²) >= 11 is 0. The van der Waals surface area contributed by atoms with Gasteiger partial charge in [0.1, 0.15) is 5.76 Å². The van der Waals surface area contributed by atoms with Crippen LogP contribution in [0.4, 0.5) is 0 Å². The zero-order valence-corrected chi connectivity index (χ0v) is 11.0. The number of aromatic nitrogens is 1. The quantitative estimate of drug-likeness (QED) is 0.839. The average Bonchev–Trinajstić information content (AvgIpc) is 2.90. The summed E-state index contributed by atoms with van der Waals surface area (Å²) in [6.07, 6.45) is 3.65. The molecule has 5 nitrogen and oxygen atoms in total. The van der Waals surface area contributed by atoms with Gasteiger partial charge < -0.3 is 15.6 Å². The highest BCUT2D eigenvalue weighted by molar-refractivity contribution is 5.79. The first-order chi connectivity index (χ1) is 8.61. The normalized spacial score (nSPS) is 23.3. The minimum Gasteiger partial charge on any atom is -0.361 e. The third kappa shape index (κ3) is 2.72. The van der Waals surface area contributed by atoms with E-state index < -0.39 is 0 Å². The van der Waals surface area contributed by atoms with E-state index in [1.807, 2.05) is 13.8 Å². The van der Waals surface area contributed by atoms with Crippen LogP contribution >= 0.6 is 0 Å². The molecule has 0 radical (unpaired) electrons. The van der Waals surface area contributed by atoms with E-state index in [1.54, 1.807) is 0 Å². The summed E-state index contributed by atoms with van der Waals surface area (Å²) in [6.45, 7) is 4.34. The maximum absolute atomic E-state index is 12.0. The standard InChI is InChI=1S/C13H21N3O2/c1-8-11(9(2)18-16-8)6-13(17)15-12-5-3-4-10(12)7-14/h10,12H,3-7,14H2,1-2H3,(H,15,17). The highest BCUT2D eigenvalue weighted by Gasteiger charge is 2.27. The van der Waals surface area contributed by atoms with Gasteiger partial charge in [-0.15, -0.1) is 0 Å². The zero-order valence-electron chi connectivity index (χ0n) is 11.0. The first-order valence-electron chi connectivity index (χ1n) is 6.53. The van der Waals surface area contributed by atoms with Crippen LogP contribution in [0.5, 0.6) is 0 Å². The van der Waals surface area contributed by atoms with E-state index in [0.717, 1.165) is 36.3 Å². The summed E-state index contributed by atoms with van der Waals surface area (Å²) in [5.41, 5.74) is 7.40. The average molecular weight is 251 g/mol. The molecule has 5 heteroatoms. The molecule has 1 aromatic rings. The molecule has 0 spiro atoms. The third-order valence-corrected chi connectivity index (χ3v) is 3.83. The van der Waals surface area contributed by atoms with Crippen LogP contribution in [0.25, 0.3) is 0 Å². The van der Waals surface area contributed by atoms with Crippen molar-refractivity contribution >= 4 is 5.91 Å². The summed E-state index contributed by atoms with van der Waals surface area (Å²) in [5.74, 6) is 1.19. The third-order valence-electron chi connectivity index (χ3n) is 3.83. The Labute approximate surface area is 107 Å². The van der Waals surface area contributed by atoms with E-state index in [2.05, 4.69) is 10.5 Å². The number of hydrogen-bond donors (Lipinski definition) is 2. The van der Waals surface area contributed by atoms with Gasteiger partial charge in [-0.1, -0.05) is 11.6 Å². The number of nitrogens with one attached hydrogen (secondary N) is 1. The fourth-order valence-electron chi connectivity index (χ4n) is 2.68. The summed E-state index contributed by atoms with van der Waals surface area (Å²) in [5, 5.41) is 6.94. The maximum atomic E-state index is 12.0. The van der Waals surface area contributed by atoms with Gasteiger partial charge in [0.2, 0.25) is 5.91 Å². The summed E-state index contributed by atoms with van der Waals surface area (Å²) < 4.78 is 5.06. The van der Waals surface area contributed by atoms with Gasteiger partial charge in [-0.05, 0) is 39.2 Å². The molecule has 1 aliphatic carbocycles. The molecule has 0 bridgehead atoms. The van der Waals surface area contributed by atoms with Crippen LogP contribution in [0.2, 0.25) is 0 Å². The van der Waals surface area contributed by atoms with E-state index in [0.29, 0.717) is 18.9 Å². The van der Waals surface area contributed by atoms with Crippen LogP contribution < -0.4 is 11.1 Å².